The second kappa shape index (κ2) is 4.74. The summed E-state index contributed by atoms with van der Waals surface area (Å²) in [5.74, 6) is 0.805. The molecule has 0 aliphatic heterocycles. The summed E-state index contributed by atoms with van der Waals surface area (Å²) in [5.41, 5.74) is 1.10. The molecule has 16 heavy (non-hydrogen) atoms. The number of aryl methyl sites for hydroxylation is 1. The second-order valence-corrected chi connectivity index (χ2v) is 3.89. The molecule has 1 N–H and O–H groups in total. The molecule has 0 saturated carbocycles. The molecule has 0 radical (unpaired) electrons. The number of aromatic nitrogens is 4. The summed E-state index contributed by atoms with van der Waals surface area (Å²) in [5, 5.41) is 15.4. The lowest BCUT2D eigenvalue weighted by molar-refractivity contribution is 0.559. The highest BCUT2D eigenvalue weighted by molar-refractivity contribution is 5.35. The van der Waals surface area contributed by atoms with Gasteiger partial charge in [0.1, 0.15) is 5.82 Å². The van der Waals surface area contributed by atoms with E-state index >= 15 is 0 Å². The Balaban J connectivity index is 1.94. The Kier molecular flexibility index (Phi) is 3.14. The molecule has 1 atom stereocenters. The molecule has 2 aromatic heterocycles. The van der Waals surface area contributed by atoms with Crippen molar-refractivity contribution < 1.29 is 0 Å². The monoisotopic (exact) mass is 217 g/mol. The zero-order valence-corrected chi connectivity index (χ0v) is 9.46. The average molecular weight is 217 g/mol. The zero-order chi connectivity index (χ0) is 11.4. The van der Waals surface area contributed by atoms with Gasteiger partial charge < -0.3 is 5.32 Å². The van der Waals surface area contributed by atoms with Crippen molar-refractivity contribution in [2.45, 2.75) is 26.4 Å². The molecular formula is C11H15N5. The van der Waals surface area contributed by atoms with Crippen molar-refractivity contribution in [1.82, 2.24) is 20.0 Å². The Labute approximate surface area is 94.5 Å². The predicted molar refractivity (Wildman–Crippen MR) is 62.1 cm³/mol. The molecule has 0 amide bonds. The van der Waals surface area contributed by atoms with E-state index in [9.17, 15) is 0 Å². The molecule has 0 aliphatic carbocycles. The highest BCUT2D eigenvalue weighted by atomic mass is 15.3. The molecule has 5 nitrogen and oxygen atoms in total. The molecule has 1 unspecified atom stereocenters. The van der Waals surface area contributed by atoms with E-state index in [2.05, 4.69) is 27.5 Å². The molecule has 2 heterocycles. The van der Waals surface area contributed by atoms with Crippen LogP contribution in [0.2, 0.25) is 0 Å². The van der Waals surface area contributed by atoms with Crippen LogP contribution in [-0.4, -0.2) is 26.0 Å². The third kappa shape index (κ3) is 2.79. The SMILES string of the molecule is Cc1cnnc(NC(C)Cn2cccn2)c1. The van der Waals surface area contributed by atoms with Crippen LogP contribution >= 0.6 is 0 Å². The van der Waals surface area contributed by atoms with Crippen LogP contribution in [0, 0.1) is 6.92 Å². The number of hydrogen-bond acceptors (Lipinski definition) is 4. The van der Waals surface area contributed by atoms with Crippen LogP contribution in [0.15, 0.2) is 30.7 Å². The van der Waals surface area contributed by atoms with Crippen molar-refractivity contribution in [3.63, 3.8) is 0 Å². The first-order valence-electron chi connectivity index (χ1n) is 5.27. The summed E-state index contributed by atoms with van der Waals surface area (Å²) in [4.78, 5) is 0. The maximum Gasteiger partial charge on any atom is 0.149 e. The molecule has 0 saturated heterocycles. The lowest BCUT2D eigenvalue weighted by atomic mass is 10.3. The first-order chi connectivity index (χ1) is 7.74. The second-order valence-electron chi connectivity index (χ2n) is 3.89. The van der Waals surface area contributed by atoms with E-state index in [1.807, 2.05) is 29.9 Å². The Morgan fingerprint density at radius 2 is 2.38 bits per heavy atom. The molecule has 2 rings (SSSR count). The minimum Gasteiger partial charge on any atom is -0.364 e. The molecular weight excluding hydrogens is 202 g/mol. The Morgan fingerprint density at radius 3 is 3.06 bits per heavy atom. The van der Waals surface area contributed by atoms with Crippen molar-refractivity contribution in [2.75, 3.05) is 5.32 Å². The van der Waals surface area contributed by atoms with E-state index < -0.39 is 0 Å². The molecule has 0 fully saturated rings. The predicted octanol–water partition coefficient (Wildman–Crippen LogP) is 1.48. The molecule has 0 spiro atoms. The van der Waals surface area contributed by atoms with Crippen LogP contribution in [0.1, 0.15) is 12.5 Å². The maximum atomic E-state index is 4.16. The van der Waals surface area contributed by atoms with Gasteiger partial charge in [0.05, 0.1) is 12.7 Å². The summed E-state index contributed by atoms with van der Waals surface area (Å²) < 4.78 is 1.89. The van der Waals surface area contributed by atoms with Gasteiger partial charge in [-0.3, -0.25) is 4.68 Å². The van der Waals surface area contributed by atoms with Crippen LogP contribution < -0.4 is 5.32 Å². The van der Waals surface area contributed by atoms with Gasteiger partial charge in [-0.15, -0.1) is 5.10 Å². The molecule has 5 heteroatoms. The lowest BCUT2D eigenvalue weighted by Crippen LogP contribution is -2.22. The number of hydrogen-bond donors (Lipinski definition) is 1. The van der Waals surface area contributed by atoms with Crippen molar-refractivity contribution in [3.05, 3.63) is 36.3 Å². The molecule has 0 bridgehead atoms. The maximum absolute atomic E-state index is 4.16. The van der Waals surface area contributed by atoms with Gasteiger partial charge in [-0.25, -0.2) is 0 Å². The Morgan fingerprint density at radius 1 is 1.50 bits per heavy atom. The minimum atomic E-state index is 0.260. The number of nitrogens with zero attached hydrogens (tertiary/aromatic N) is 4. The smallest absolute Gasteiger partial charge is 0.149 e. The molecule has 2 aromatic rings. The van der Waals surface area contributed by atoms with Crippen molar-refractivity contribution in [1.29, 1.82) is 0 Å². The summed E-state index contributed by atoms with van der Waals surface area (Å²) >= 11 is 0. The summed E-state index contributed by atoms with van der Waals surface area (Å²) in [6.45, 7) is 4.90. The van der Waals surface area contributed by atoms with Gasteiger partial charge in [-0.05, 0) is 31.5 Å². The Bertz CT molecular complexity index is 437. The summed E-state index contributed by atoms with van der Waals surface area (Å²) in [6, 6.07) is 4.15. The Hall–Kier alpha value is -1.91. The first-order valence-corrected chi connectivity index (χ1v) is 5.27. The van der Waals surface area contributed by atoms with Crippen LogP contribution in [0.3, 0.4) is 0 Å². The van der Waals surface area contributed by atoms with E-state index in [-0.39, 0.29) is 6.04 Å². The van der Waals surface area contributed by atoms with Gasteiger partial charge in [-0.2, -0.15) is 10.2 Å². The van der Waals surface area contributed by atoms with E-state index in [0.717, 1.165) is 17.9 Å². The fourth-order valence-corrected chi connectivity index (χ4v) is 1.52. The quantitative estimate of drug-likeness (QED) is 0.842. The molecule has 84 valence electrons. The van der Waals surface area contributed by atoms with E-state index in [4.69, 9.17) is 0 Å². The van der Waals surface area contributed by atoms with Gasteiger partial charge in [0.2, 0.25) is 0 Å². The van der Waals surface area contributed by atoms with Crippen molar-refractivity contribution in [2.24, 2.45) is 0 Å². The van der Waals surface area contributed by atoms with E-state index in [1.165, 1.54) is 0 Å². The summed E-state index contributed by atoms with van der Waals surface area (Å²) in [7, 11) is 0. The van der Waals surface area contributed by atoms with Crippen LogP contribution in [0.4, 0.5) is 5.82 Å². The van der Waals surface area contributed by atoms with Crippen molar-refractivity contribution >= 4 is 5.82 Å². The number of anilines is 1. The number of rotatable bonds is 4. The lowest BCUT2D eigenvalue weighted by Gasteiger charge is -2.14. The highest BCUT2D eigenvalue weighted by Gasteiger charge is 2.04. The standard InChI is InChI=1S/C11H15N5/c1-9-6-11(15-12-7-9)14-10(2)8-16-5-3-4-13-16/h3-7,10H,8H2,1-2H3,(H,14,15). The average Bonchev–Trinajstić information content (AvgIpc) is 2.70. The first kappa shape index (κ1) is 10.6. The third-order valence-electron chi connectivity index (χ3n) is 2.21. The topological polar surface area (TPSA) is 55.6 Å². The third-order valence-corrected chi connectivity index (χ3v) is 2.21. The van der Waals surface area contributed by atoms with Gasteiger partial charge in [0.25, 0.3) is 0 Å². The van der Waals surface area contributed by atoms with Gasteiger partial charge in [0.15, 0.2) is 0 Å². The van der Waals surface area contributed by atoms with Crippen LogP contribution in [-0.2, 0) is 6.54 Å². The summed E-state index contributed by atoms with van der Waals surface area (Å²) in [6.07, 6.45) is 5.46. The zero-order valence-electron chi connectivity index (χ0n) is 9.46. The van der Waals surface area contributed by atoms with Gasteiger partial charge >= 0.3 is 0 Å². The van der Waals surface area contributed by atoms with Gasteiger partial charge in [0, 0.05) is 18.4 Å². The van der Waals surface area contributed by atoms with Crippen molar-refractivity contribution in [3.8, 4) is 0 Å². The minimum absolute atomic E-state index is 0.260. The normalized spacial score (nSPS) is 12.4. The largest absolute Gasteiger partial charge is 0.364 e. The van der Waals surface area contributed by atoms with E-state index in [0.29, 0.717) is 0 Å². The molecule has 0 aromatic carbocycles. The number of nitrogens with one attached hydrogen (secondary N) is 1. The fourth-order valence-electron chi connectivity index (χ4n) is 1.52. The van der Waals surface area contributed by atoms with Gasteiger partial charge in [-0.1, -0.05) is 0 Å². The van der Waals surface area contributed by atoms with Crippen LogP contribution in [0.25, 0.3) is 0 Å². The fraction of sp³-hybridized carbons (Fsp3) is 0.364. The highest BCUT2D eigenvalue weighted by Crippen LogP contribution is 2.05. The molecule has 0 aliphatic rings. The van der Waals surface area contributed by atoms with E-state index in [1.54, 1.807) is 12.4 Å². The van der Waals surface area contributed by atoms with Crippen LogP contribution in [0.5, 0.6) is 0 Å².